The van der Waals surface area contributed by atoms with Crippen molar-refractivity contribution < 1.29 is 4.74 Å². The van der Waals surface area contributed by atoms with Gasteiger partial charge in [-0.2, -0.15) is 0 Å². The first-order valence-electron chi connectivity index (χ1n) is 7.21. The van der Waals surface area contributed by atoms with E-state index in [1.807, 2.05) is 12.4 Å². The molecule has 0 aliphatic carbocycles. The number of likely N-dealkylation sites (N-methyl/N-ethyl adjacent to an activating group) is 1. The molecule has 1 aromatic heterocycles. The van der Waals surface area contributed by atoms with E-state index >= 15 is 0 Å². The zero-order chi connectivity index (χ0) is 13.5. The van der Waals surface area contributed by atoms with Crippen LogP contribution in [0.1, 0.15) is 32.4 Å². The molecule has 0 saturated carbocycles. The highest BCUT2D eigenvalue weighted by molar-refractivity contribution is 5.35. The van der Waals surface area contributed by atoms with Crippen LogP contribution < -0.4 is 10.2 Å². The molecule has 106 valence electrons. The Balaban J connectivity index is 1.93. The lowest BCUT2D eigenvalue weighted by Crippen LogP contribution is -2.32. The molecule has 1 aliphatic rings. The molecule has 19 heavy (non-hydrogen) atoms. The predicted octanol–water partition coefficient (Wildman–Crippen LogP) is 1.59. The minimum Gasteiger partial charge on any atom is -0.376 e. The van der Waals surface area contributed by atoms with Crippen molar-refractivity contribution in [1.82, 2.24) is 15.3 Å². The van der Waals surface area contributed by atoms with Gasteiger partial charge in [-0.1, -0.05) is 6.92 Å². The fourth-order valence-corrected chi connectivity index (χ4v) is 2.27. The molecule has 1 aliphatic heterocycles. The van der Waals surface area contributed by atoms with Gasteiger partial charge in [0.25, 0.3) is 0 Å². The summed E-state index contributed by atoms with van der Waals surface area (Å²) < 4.78 is 5.68. The molecule has 1 N–H and O–H groups in total. The van der Waals surface area contributed by atoms with Crippen LogP contribution in [0.4, 0.5) is 5.82 Å². The van der Waals surface area contributed by atoms with E-state index in [9.17, 15) is 0 Å². The van der Waals surface area contributed by atoms with Crippen molar-refractivity contribution in [2.75, 3.05) is 31.1 Å². The molecule has 2 rings (SSSR count). The minimum atomic E-state index is 0.350. The molecule has 1 unspecified atom stereocenters. The minimum absolute atomic E-state index is 0.350. The molecular weight excluding hydrogens is 240 g/mol. The van der Waals surface area contributed by atoms with E-state index in [0.717, 1.165) is 50.7 Å². The van der Waals surface area contributed by atoms with Crippen molar-refractivity contribution in [2.45, 2.75) is 39.3 Å². The number of aromatic nitrogens is 2. The van der Waals surface area contributed by atoms with Gasteiger partial charge in [0, 0.05) is 26.2 Å². The quantitative estimate of drug-likeness (QED) is 0.810. The van der Waals surface area contributed by atoms with E-state index < -0.39 is 0 Å². The summed E-state index contributed by atoms with van der Waals surface area (Å²) in [5.74, 6) is 0.943. The Morgan fingerprint density at radius 1 is 1.37 bits per heavy atom. The van der Waals surface area contributed by atoms with E-state index in [2.05, 4.69) is 34.0 Å². The summed E-state index contributed by atoms with van der Waals surface area (Å²) in [5.41, 5.74) is 0.985. The van der Waals surface area contributed by atoms with Gasteiger partial charge in [-0.3, -0.25) is 4.98 Å². The van der Waals surface area contributed by atoms with Gasteiger partial charge in [0.2, 0.25) is 0 Å². The summed E-state index contributed by atoms with van der Waals surface area (Å²) >= 11 is 0. The number of hydrogen-bond donors (Lipinski definition) is 1. The first-order chi connectivity index (χ1) is 9.33. The summed E-state index contributed by atoms with van der Waals surface area (Å²) in [5, 5.41) is 3.25. The maximum atomic E-state index is 5.68. The van der Waals surface area contributed by atoms with Crippen molar-refractivity contribution in [3.8, 4) is 0 Å². The second-order valence-electron chi connectivity index (χ2n) is 4.82. The molecule has 5 nitrogen and oxygen atoms in total. The Labute approximate surface area is 115 Å². The van der Waals surface area contributed by atoms with Crippen molar-refractivity contribution >= 4 is 5.82 Å². The molecule has 2 heterocycles. The van der Waals surface area contributed by atoms with Crippen molar-refractivity contribution in [2.24, 2.45) is 0 Å². The average molecular weight is 264 g/mol. The van der Waals surface area contributed by atoms with Gasteiger partial charge in [-0.25, -0.2) is 4.98 Å². The van der Waals surface area contributed by atoms with Crippen LogP contribution in [0.25, 0.3) is 0 Å². The smallest absolute Gasteiger partial charge is 0.147 e. The topological polar surface area (TPSA) is 50.3 Å². The second kappa shape index (κ2) is 7.40. The molecule has 1 aromatic rings. The van der Waals surface area contributed by atoms with Crippen LogP contribution in [0.3, 0.4) is 0 Å². The van der Waals surface area contributed by atoms with Crippen LogP contribution in [0, 0.1) is 0 Å². The Morgan fingerprint density at radius 3 is 2.84 bits per heavy atom. The summed E-state index contributed by atoms with van der Waals surface area (Å²) in [6.07, 6.45) is 6.40. The highest BCUT2D eigenvalue weighted by Crippen LogP contribution is 2.16. The molecule has 0 amide bonds. The fraction of sp³-hybridized carbons (Fsp3) is 0.714. The van der Waals surface area contributed by atoms with Crippen LogP contribution in [0.5, 0.6) is 0 Å². The summed E-state index contributed by atoms with van der Waals surface area (Å²) in [7, 11) is 0. The number of ether oxygens (including phenoxy) is 1. The first-order valence-corrected chi connectivity index (χ1v) is 7.21. The second-order valence-corrected chi connectivity index (χ2v) is 4.82. The highest BCUT2D eigenvalue weighted by Gasteiger charge is 2.19. The van der Waals surface area contributed by atoms with E-state index in [0.29, 0.717) is 6.10 Å². The van der Waals surface area contributed by atoms with Crippen LogP contribution in [0.2, 0.25) is 0 Å². The van der Waals surface area contributed by atoms with Gasteiger partial charge in [-0.05, 0) is 26.3 Å². The third kappa shape index (κ3) is 4.14. The van der Waals surface area contributed by atoms with Crippen molar-refractivity contribution in [1.29, 1.82) is 0 Å². The number of nitrogens with zero attached hydrogens (tertiary/aromatic N) is 3. The van der Waals surface area contributed by atoms with Crippen LogP contribution in [-0.4, -0.2) is 42.3 Å². The molecule has 0 spiro atoms. The number of nitrogens with one attached hydrogen (secondary N) is 1. The maximum Gasteiger partial charge on any atom is 0.147 e. The first kappa shape index (κ1) is 14.2. The van der Waals surface area contributed by atoms with E-state index in [-0.39, 0.29) is 0 Å². The zero-order valence-electron chi connectivity index (χ0n) is 11.9. The fourth-order valence-electron chi connectivity index (χ4n) is 2.27. The van der Waals surface area contributed by atoms with E-state index in [4.69, 9.17) is 4.74 Å². The summed E-state index contributed by atoms with van der Waals surface area (Å²) in [4.78, 5) is 11.2. The highest BCUT2D eigenvalue weighted by atomic mass is 16.5. The normalized spacial score (nSPS) is 18.7. The van der Waals surface area contributed by atoms with Crippen LogP contribution >= 0.6 is 0 Å². The van der Waals surface area contributed by atoms with E-state index in [1.165, 1.54) is 6.42 Å². The maximum absolute atomic E-state index is 5.68. The van der Waals surface area contributed by atoms with Gasteiger partial charge < -0.3 is 15.0 Å². The SMILES string of the molecule is CCNCc1cnc(N(CC)CC2CCCO2)cn1. The number of rotatable bonds is 7. The van der Waals surface area contributed by atoms with Crippen LogP contribution in [-0.2, 0) is 11.3 Å². The molecule has 1 atom stereocenters. The predicted molar refractivity (Wildman–Crippen MR) is 76.3 cm³/mol. The lowest BCUT2D eigenvalue weighted by molar-refractivity contribution is 0.115. The van der Waals surface area contributed by atoms with E-state index in [1.54, 1.807) is 0 Å². The zero-order valence-corrected chi connectivity index (χ0v) is 11.9. The van der Waals surface area contributed by atoms with Crippen molar-refractivity contribution in [3.63, 3.8) is 0 Å². The lowest BCUT2D eigenvalue weighted by atomic mass is 10.2. The molecular formula is C14H24N4O. The number of hydrogen-bond acceptors (Lipinski definition) is 5. The monoisotopic (exact) mass is 264 g/mol. The third-order valence-electron chi connectivity index (χ3n) is 3.40. The van der Waals surface area contributed by atoms with Gasteiger partial charge >= 0.3 is 0 Å². The average Bonchev–Trinajstić information content (AvgIpc) is 2.96. The molecule has 5 heteroatoms. The summed E-state index contributed by atoms with van der Waals surface area (Å²) in [6, 6.07) is 0. The third-order valence-corrected chi connectivity index (χ3v) is 3.40. The van der Waals surface area contributed by atoms with Crippen molar-refractivity contribution in [3.05, 3.63) is 18.1 Å². The standard InChI is InChI=1S/C14H24N4O/c1-3-15-8-12-9-17-14(10-16-12)18(4-2)11-13-6-5-7-19-13/h9-10,13,15H,3-8,11H2,1-2H3. The van der Waals surface area contributed by atoms with Gasteiger partial charge in [0.15, 0.2) is 0 Å². The van der Waals surface area contributed by atoms with Gasteiger partial charge in [-0.15, -0.1) is 0 Å². The molecule has 0 bridgehead atoms. The number of anilines is 1. The Kier molecular flexibility index (Phi) is 5.54. The lowest BCUT2D eigenvalue weighted by Gasteiger charge is -2.24. The Morgan fingerprint density at radius 2 is 2.26 bits per heavy atom. The summed E-state index contributed by atoms with van der Waals surface area (Å²) in [6.45, 7) is 8.70. The Hall–Kier alpha value is -1.20. The molecule has 1 fully saturated rings. The van der Waals surface area contributed by atoms with Gasteiger partial charge in [0.1, 0.15) is 5.82 Å². The van der Waals surface area contributed by atoms with Gasteiger partial charge in [0.05, 0.1) is 24.2 Å². The molecule has 0 aromatic carbocycles. The largest absolute Gasteiger partial charge is 0.376 e. The molecule has 1 saturated heterocycles. The Bertz CT molecular complexity index is 362. The van der Waals surface area contributed by atoms with Crippen LogP contribution in [0.15, 0.2) is 12.4 Å². The molecule has 0 radical (unpaired) electrons.